The molecule has 5 nitrogen and oxygen atoms in total. The fourth-order valence-corrected chi connectivity index (χ4v) is 3.01. The lowest BCUT2D eigenvalue weighted by atomic mass is 9.74. The molecule has 0 aromatic carbocycles. The maximum Gasteiger partial charge on any atom is 0.329 e. The summed E-state index contributed by atoms with van der Waals surface area (Å²) in [6.45, 7) is 0. The predicted molar refractivity (Wildman–Crippen MR) is 71.2 cm³/mol. The van der Waals surface area contributed by atoms with Crippen molar-refractivity contribution in [2.45, 2.75) is 37.3 Å². The lowest BCUT2D eigenvalue weighted by Crippen LogP contribution is -2.61. The molecule has 1 atom stereocenters. The first-order valence-corrected chi connectivity index (χ1v) is 7.10. The van der Waals surface area contributed by atoms with Gasteiger partial charge in [0.1, 0.15) is 0 Å². The Hall–Kier alpha value is -1.40. The summed E-state index contributed by atoms with van der Waals surface area (Å²) in [5.74, 6) is -1.32. The van der Waals surface area contributed by atoms with Crippen LogP contribution in [0.3, 0.4) is 0 Å². The van der Waals surface area contributed by atoms with Gasteiger partial charge in [-0.1, -0.05) is 0 Å². The van der Waals surface area contributed by atoms with Crippen LogP contribution in [-0.4, -0.2) is 35.7 Å². The minimum atomic E-state index is -1.04. The van der Waals surface area contributed by atoms with Crippen molar-refractivity contribution in [1.82, 2.24) is 5.32 Å². The van der Waals surface area contributed by atoms with Crippen LogP contribution in [0.1, 0.15) is 24.8 Å². The molecule has 0 spiro atoms. The average molecular weight is 283 g/mol. The maximum atomic E-state index is 11.9. The summed E-state index contributed by atoms with van der Waals surface area (Å²) in [6.07, 6.45) is 2.46. The summed E-state index contributed by atoms with van der Waals surface area (Å²) < 4.78 is 5.34. The molecular weight excluding hydrogens is 266 g/mol. The number of amides is 1. The summed E-state index contributed by atoms with van der Waals surface area (Å²) in [6, 6.07) is 0.882. The second kappa shape index (κ2) is 5.71. The van der Waals surface area contributed by atoms with Gasteiger partial charge < -0.3 is 15.2 Å². The molecule has 1 saturated carbocycles. The van der Waals surface area contributed by atoms with Crippen molar-refractivity contribution >= 4 is 23.2 Å². The third kappa shape index (κ3) is 2.96. The van der Waals surface area contributed by atoms with Gasteiger partial charge in [0.2, 0.25) is 5.91 Å². The van der Waals surface area contributed by atoms with E-state index in [9.17, 15) is 14.7 Å². The molecule has 1 heterocycles. The van der Waals surface area contributed by atoms with Crippen molar-refractivity contribution in [3.05, 3.63) is 22.4 Å². The molecule has 0 radical (unpaired) electrons. The largest absolute Gasteiger partial charge is 0.480 e. The lowest BCUT2D eigenvalue weighted by Gasteiger charge is -2.44. The minimum Gasteiger partial charge on any atom is -0.480 e. The number of nitrogens with one attached hydrogen (secondary N) is 1. The van der Waals surface area contributed by atoms with Crippen LogP contribution >= 0.6 is 11.3 Å². The first-order valence-electron chi connectivity index (χ1n) is 6.16. The fraction of sp³-hybridized carbons (Fsp3) is 0.538. The molecule has 1 aromatic rings. The van der Waals surface area contributed by atoms with Crippen molar-refractivity contribution in [2.24, 2.45) is 0 Å². The predicted octanol–water partition coefficient (Wildman–Crippen LogP) is 1.43. The Kier molecular flexibility index (Phi) is 4.21. The number of hydrogen-bond donors (Lipinski definition) is 2. The highest BCUT2D eigenvalue weighted by Crippen LogP contribution is 2.38. The molecule has 0 unspecified atom stereocenters. The third-order valence-electron chi connectivity index (χ3n) is 3.63. The number of carbonyl (C=O) groups excluding carboxylic acids is 1. The molecule has 1 aromatic heterocycles. The summed E-state index contributed by atoms with van der Waals surface area (Å²) >= 11 is 1.51. The molecule has 2 rings (SSSR count). The van der Waals surface area contributed by atoms with Gasteiger partial charge in [-0.05, 0) is 41.7 Å². The number of carboxylic acid groups (broad SMARTS) is 1. The van der Waals surface area contributed by atoms with Crippen LogP contribution in [0.15, 0.2) is 16.8 Å². The normalized spacial score (nSPS) is 18.4. The number of ether oxygens (including phenoxy) is 1. The highest BCUT2D eigenvalue weighted by molar-refractivity contribution is 7.07. The van der Waals surface area contributed by atoms with E-state index in [0.29, 0.717) is 12.8 Å². The van der Waals surface area contributed by atoms with Gasteiger partial charge in [0.05, 0.1) is 12.0 Å². The summed E-state index contributed by atoms with van der Waals surface area (Å²) in [7, 11) is 1.50. The van der Waals surface area contributed by atoms with E-state index in [0.717, 1.165) is 12.0 Å². The standard InChI is InChI=1S/C13H17NO4S/c1-18-13(4-2-5-13)11(12(16)17)14-10(15)7-9-3-6-19-8-9/h3,6,8,11H,2,4-5,7H2,1H3,(H,14,15)(H,16,17)/t11-/m0/s1. The molecule has 6 heteroatoms. The van der Waals surface area contributed by atoms with Crippen molar-refractivity contribution in [3.63, 3.8) is 0 Å². The van der Waals surface area contributed by atoms with Crippen LogP contribution < -0.4 is 5.32 Å². The van der Waals surface area contributed by atoms with E-state index in [2.05, 4.69) is 5.32 Å². The number of carbonyl (C=O) groups is 2. The number of aliphatic carboxylic acids is 1. The fourth-order valence-electron chi connectivity index (χ4n) is 2.34. The lowest BCUT2D eigenvalue weighted by molar-refractivity contribution is -0.160. The number of thiophene rings is 1. The van der Waals surface area contributed by atoms with Gasteiger partial charge in [-0.25, -0.2) is 4.79 Å². The topological polar surface area (TPSA) is 75.6 Å². The first-order chi connectivity index (χ1) is 9.07. The Morgan fingerprint density at radius 2 is 2.32 bits per heavy atom. The highest BCUT2D eigenvalue weighted by atomic mass is 32.1. The summed E-state index contributed by atoms with van der Waals surface area (Å²) in [5, 5.41) is 15.6. The van der Waals surface area contributed by atoms with Gasteiger partial charge in [0, 0.05) is 7.11 Å². The van der Waals surface area contributed by atoms with E-state index >= 15 is 0 Å². The Morgan fingerprint density at radius 1 is 1.58 bits per heavy atom. The first kappa shape index (κ1) is 14.0. The Labute approximate surface area is 115 Å². The summed E-state index contributed by atoms with van der Waals surface area (Å²) in [4.78, 5) is 23.2. The van der Waals surface area contributed by atoms with Crippen LogP contribution in [0.25, 0.3) is 0 Å². The molecule has 1 aliphatic rings. The molecule has 2 N–H and O–H groups in total. The Bertz CT molecular complexity index is 448. The highest BCUT2D eigenvalue weighted by Gasteiger charge is 2.49. The molecular formula is C13H17NO4S. The van der Waals surface area contributed by atoms with Gasteiger partial charge in [0.25, 0.3) is 0 Å². The van der Waals surface area contributed by atoms with E-state index in [4.69, 9.17) is 4.74 Å². The molecule has 104 valence electrons. The molecule has 1 amide bonds. The minimum absolute atomic E-state index is 0.201. The molecule has 0 bridgehead atoms. The molecule has 1 aliphatic carbocycles. The summed E-state index contributed by atoms with van der Waals surface area (Å²) in [5.41, 5.74) is 0.155. The second-order valence-electron chi connectivity index (χ2n) is 4.77. The zero-order chi connectivity index (χ0) is 13.9. The van der Waals surface area contributed by atoms with Crippen LogP contribution in [0, 0.1) is 0 Å². The molecule has 0 aliphatic heterocycles. The van der Waals surface area contributed by atoms with E-state index in [1.807, 2.05) is 16.8 Å². The quantitative estimate of drug-likeness (QED) is 0.828. The van der Waals surface area contributed by atoms with Crippen LogP contribution in [0.4, 0.5) is 0 Å². The van der Waals surface area contributed by atoms with E-state index in [1.54, 1.807) is 0 Å². The SMILES string of the molecule is COC1([C@@H](NC(=O)Cc2ccsc2)C(=O)O)CCC1. The Balaban J connectivity index is 2.01. The van der Waals surface area contributed by atoms with Gasteiger partial charge in [-0.15, -0.1) is 0 Å². The van der Waals surface area contributed by atoms with Crippen LogP contribution in [0.2, 0.25) is 0 Å². The van der Waals surface area contributed by atoms with E-state index in [-0.39, 0.29) is 12.3 Å². The monoisotopic (exact) mass is 283 g/mol. The Morgan fingerprint density at radius 3 is 2.74 bits per heavy atom. The molecule has 0 saturated heterocycles. The van der Waals surface area contributed by atoms with Gasteiger partial charge in [0.15, 0.2) is 6.04 Å². The molecule has 1 fully saturated rings. The zero-order valence-electron chi connectivity index (χ0n) is 10.7. The smallest absolute Gasteiger partial charge is 0.329 e. The number of carboxylic acids is 1. The number of methoxy groups -OCH3 is 1. The van der Waals surface area contributed by atoms with Crippen molar-refractivity contribution in [3.8, 4) is 0 Å². The number of hydrogen-bond acceptors (Lipinski definition) is 4. The zero-order valence-corrected chi connectivity index (χ0v) is 11.5. The van der Waals surface area contributed by atoms with Crippen LogP contribution in [0.5, 0.6) is 0 Å². The average Bonchev–Trinajstić information content (AvgIpc) is 2.79. The maximum absolute atomic E-state index is 11.9. The third-order valence-corrected chi connectivity index (χ3v) is 4.36. The van der Waals surface area contributed by atoms with E-state index in [1.165, 1.54) is 18.4 Å². The van der Waals surface area contributed by atoms with Gasteiger partial charge in [-0.2, -0.15) is 11.3 Å². The second-order valence-corrected chi connectivity index (χ2v) is 5.55. The van der Waals surface area contributed by atoms with Crippen molar-refractivity contribution < 1.29 is 19.4 Å². The van der Waals surface area contributed by atoms with Gasteiger partial charge >= 0.3 is 5.97 Å². The van der Waals surface area contributed by atoms with E-state index < -0.39 is 17.6 Å². The molecule has 19 heavy (non-hydrogen) atoms. The van der Waals surface area contributed by atoms with Crippen molar-refractivity contribution in [2.75, 3.05) is 7.11 Å². The number of rotatable bonds is 6. The van der Waals surface area contributed by atoms with Gasteiger partial charge in [-0.3, -0.25) is 4.79 Å². The van der Waals surface area contributed by atoms with Crippen LogP contribution in [-0.2, 0) is 20.7 Å². The van der Waals surface area contributed by atoms with Crippen molar-refractivity contribution in [1.29, 1.82) is 0 Å².